The van der Waals surface area contributed by atoms with E-state index in [2.05, 4.69) is 37.2 Å². The molecule has 0 aliphatic rings. The quantitative estimate of drug-likeness (QED) is 0.413. The number of hydrogen-bond donors (Lipinski definition) is 1. The molecule has 162 valence electrons. The third-order valence-electron chi connectivity index (χ3n) is 4.35. The van der Waals surface area contributed by atoms with Crippen molar-refractivity contribution in [3.63, 3.8) is 0 Å². The molecule has 0 fully saturated rings. The minimum Gasteiger partial charge on any atom is -0.483 e. The fourth-order valence-corrected chi connectivity index (χ4v) is 5.07. The first-order valence-corrected chi connectivity index (χ1v) is 12.3. The number of ether oxygens (including phenoxy) is 1. The third-order valence-corrected chi connectivity index (χ3v) is 7.28. The molecule has 0 radical (unpaired) electrons. The molecule has 0 saturated heterocycles. The Bertz CT molecular complexity index is 1150. The van der Waals surface area contributed by atoms with Gasteiger partial charge in [-0.05, 0) is 64.0 Å². The Balaban J connectivity index is 1.59. The zero-order valence-electron chi connectivity index (χ0n) is 16.6. The molecule has 1 amide bonds. The number of benzene rings is 3. The molecule has 0 spiro atoms. The number of hydrogen-bond acceptors (Lipinski definition) is 4. The van der Waals surface area contributed by atoms with Crippen LogP contribution in [-0.2, 0) is 21.4 Å². The van der Waals surface area contributed by atoms with E-state index in [0.29, 0.717) is 11.4 Å². The Morgan fingerprint density at radius 1 is 1.00 bits per heavy atom. The summed E-state index contributed by atoms with van der Waals surface area (Å²) >= 11 is 6.73. The summed E-state index contributed by atoms with van der Waals surface area (Å²) in [6, 6.07) is 20.8. The van der Waals surface area contributed by atoms with Gasteiger partial charge in [0.1, 0.15) is 5.75 Å². The number of halogens is 2. The van der Waals surface area contributed by atoms with Crippen LogP contribution in [0.1, 0.15) is 5.56 Å². The first-order chi connectivity index (χ1) is 14.8. The topological polar surface area (TPSA) is 75.7 Å². The van der Waals surface area contributed by atoms with E-state index in [1.54, 1.807) is 18.2 Å². The molecular weight excluding hydrogens is 548 g/mol. The number of carbonyl (C=O) groups excluding carboxylic acids is 1. The predicted molar refractivity (Wildman–Crippen MR) is 128 cm³/mol. The van der Waals surface area contributed by atoms with Crippen molar-refractivity contribution in [1.82, 2.24) is 4.31 Å². The van der Waals surface area contributed by atoms with Crippen LogP contribution in [0.2, 0.25) is 0 Å². The Morgan fingerprint density at radius 2 is 1.68 bits per heavy atom. The minimum atomic E-state index is -3.65. The fraction of sp³-hybridized carbons (Fsp3) is 0.136. The molecule has 0 aliphatic heterocycles. The maximum atomic E-state index is 12.8. The Kier molecular flexibility index (Phi) is 7.88. The van der Waals surface area contributed by atoms with Crippen LogP contribution in [0.25, 0.3) is 0 Å². The van der Waals surface area contributed by atoms with E-state index in [0.717, 1.165) is 14.5 Å². The highest BCUT2D eigenvalue weighted by Crippen LogP contribution is 2.28. The van der Waals surface area contributed by atoms with Crippen LogP contribution < -0.4 is 10.1 Å². The van der Waals surface area contributed by atoms with Crippen LogP contribution >= 0.6 is 31.9 Å². The summed E-state index contributed by atoms with van der Waals surface area (Å²) < 4.78 is 34.0. The second-order valence-electron chi connectivity index (χ2n) is 6.68. The molecule has 3 aromatic rings. The lowest BCUT2D eigenvalue weighted by Crippen LogP contribution is -2.26. The molecule has 0 aliphatic carbocycles. The SMILES string of the molecule is CN(Cc1ccccc1)S(=O)(=O)c1ccc(NC(=O)COc2ccc(Br)cc2Br)cc1. The summed E-state index contributed by atoms with van der Waals surface area (Å²) in [6.45, 7) is 0.0880. The molecule has 3 rings (SSSR count). The first kappa shape index (κ1) is 23.5. The molecule has 31 heavy (non-hydrogen) atoms. The lowest BCUT2D eigenvalue weighted by atomic mass is 10.2. The monoisotopic (exact) mass is 566 g/mol. The van der Waals surface area contributed by atoms with Crippen molar-refractivity contribution in [2.75, 3.05) is 19.0 Å². The van der Waals surface area contributed by atoms with Crippen LogP contribution in [0.15, 0.2) is 86.6 Å². The second kappa shape index (κ2) is 10.4. The maximum Gasteiger partial charge on any atom is 0.262 e. The van der Waals surface area contributed by atoms with Crippen molar-refractivity contribution in [3.8, 4) is 5.75 Å². The van der Waals surface area contributed by atoms with Gasteiger partial charge in [0.15, 0.2) is 6.61 Å². The van der Waals surface area contributed by atoms with Gasteiger partial charge in [-0.15, -0.1) is 0 Å². The highest BCUT2D eigenvalue weighted by Gasteiger charge is 2.21. The highest BCUT2D eigenvalue weighted by atomic mass is 79.9. The molecular formula is C22H20Br2N2O4S. The van der Waals surface area contributed by atoms with Gasteiger partial charge in [-0.3, -0.25) is 4.79 Å². The van der Waals surface area contributed by atoms with Gasteiger partial charge in [0.25, 0.3) is 5.91 Å². The number of anilines is 1. The van der Waals surface area contributed by atoms with Crippen LogP contribution in [0.4, 0.5) is 5.69 Å². The summed E-state index contributed by atoms with van der Waals surface area (Å²) in [5, 5.41) is 2.69. The van der Waals surface area contributed by atoms with E-state index >= 15 is 0 Å². The molecule has 0 unspecified atom stereocenters. The summed E-state index contributed by atoms with van der Waals surface area (Å²) in [7, 11) is -2.11. The molecule has 0 saturated carbocycles. The lowest BCUT2D eigenvalue weighted by Gasteiger charge is -2.17. The number of carbonyl (C=O) groups is 1. The summed E-state index contributed by atoms with van der Waals surface area (Å²) in [4.78, 5) is 12.3. The zero-order chi connectivity index (χ0) is 22.4. The van der Waals surface area contributed by atoms with Crippen LogP contribution in [-0.4, -0.2) is 32.3 Å². The minimum absolute atomic E-state index is 0.152. The Labute approximate surface area is 198 Å². The third kappa shape index (κ3) is 6.39. The van der Waals surface area contributed by atoms with E-state index in [4.69, 9.17) is 4.74 Å². The lowest BCUT2D eigenvalue weighted by molar-refractivity contribution is -0.118. The number of amides is 1. The summed E-state index contributed by atoms with van der Waals surface area (Å²) in [5.41, 5.74) is 1.38. The Morgan fingerprint density at radius 3 is 2.32 bits per heavy atom. The molecule has 3 aromatic carbocycles. The summed E-state index contributed by atoms with van der Waals surface area (Å²) in [5.74, 6) is 0.188. The van der Waals surface area contributed by atoms with Gasteiger partial charge in [-0.2, -0.15) is 4.31 Å². The summed E-state index contributed by atoms with van der Waals surface area (Å²) in [6.07, 6.45) is 0. The normalized spacial score (nSPS) is 11.4. The molecule has 0 heterocycles. The van der Waals surface area contributed by atoms with E-state index in [9.17, 15) is 13.2 Å². The predicted octanol–water partition coefficient (Wildman–Crippen LogP) is 5.05. The average Bonchev–Trinajstić information content (AvgIpc) is 2.74. The van der Waals surface area contributed by atoms with Gasteiger partial charge in [0.2, 0.25) is 10.0 Å². The van der Waals surface area contributed by atoms with Crippen LogP contribution in [0.3, 0.4) is 0 Å². The molecule has 6 nitrogen and oxygen atoms in total. The van der Waals surface area contributed by atoms with Gasteiger partial charge in [-0.1, -0.05) is 46.3 Å². The van der Waals surface area contributed by atoms with E-state index in [-0.39, 0.29) is 24.0 Å². The van der Waals surface area contributed by atoms with Gasteiger partial charge in [0.05, 0.1) is 9.37 Å². The van der Waals surface area contributed by atoms with Crippen LogP contribution in [0.5, 0.6) is 5.75 Å². The molecule has 9 heteroatoms. The molecule has 0 atom stereocenters. The number of rotatable bonds is 8. The molecule has 0 bridgehead atoms. The van der Waals surface area contributed by atoms with E-state index in [1.807, 2.05) is 42.5 Å². The maximum absolute atomic E-state index is 12.8. The standard InChI is InChI=1S/C22H20Br2N2O4S/c1-26(14-16-5-3-2-4-6-16)31(28,29)19-10-8-18(9-11-19)25-22(27)15-30-21-12-7-17(23)13-20(21)24/h2-13H,14-15H2,1H3,(H,25,27). The van der Waals surface area contributed by atoms with E-state index in [1.165, 1.54) is 23.5 Å². The van der Waals surface area contributed by atoms with Gasteiger partial charge in [-0.25, -0.2) is 8.42 Å². The number of nitrogens with one attached hydrogen (secondary N) is 1. The van der Waals surface area contributed by atoms with Gasteiger partial charge < -0.3 is 10.1 Å². The van der Waals surface area contributed by atoms with Gasteiger partial charge in [0, 0.05) is 23.8 Å². The number of sulfonamides is 1. The average molecular weight is 568 g/mol. The highest BCUT2D eigenvalue weighted by molar-refractivity contribution is 9.11. The van der Waals surface area contributed by atoms with Crippen molar-refractivity contribution < 1.29 is 17.9 Å². The smallest absolute Gasteiger partial charge is 0.262 e. The van der Waals surface area contributed by atoms with Crippen molar-refractivity contribution in [1.29, 1.82) is 0 Å². The fourth-order valence-electron chi connectivity index (χ4n) is 2.75. The zero-order valence-corrected chi connectivity index (χ0v) is 20.6. The van der Waals surface area contributed by atoms with Gasteiger partial charge >= 0.3 is 0 Å². The molecule has 0 aromatic heterocycles. The number of nitrogens with zero attached hydrogens (tertiary/aromatic N) is 1. The largest absolute Gasteiger partial charge is 0.483 e. The van der Waals surface area contributed by atoms with Crippen molar-refractivity contribution in [2.45, 2.75) is 11.4 Å². The van der Waals surface area contributed by atoms with Crippen molar-refractivity contribution in [2.24, 2.45) is 0 Å². The van der Waals surface area contributed by atoms with E-state index < -0.39 is 10.0 Å². The van der Waals surface area contributed by atoms with Crippen molar-refractivity contribution >= 4 is 53.5 Å². The second-order valence-corrected chi connectivity index (χ2v) is 10.5. The molecule has 1 N–H and O–H groups in total. The first-order valence-electron chi connectivity index (χ1n) is 9.24. The van der Waals surface area contributed by atoms with Crippen molar-refractivity contribution in [3.05, 3.63) is 87.3 Å². The Hall–Kier alpha value is -2.20. The van der Waals surface area contributed by atoms with Crippen LogP contribution in [0, 0.1) is 0 Å².